The highest BCUT2D eigenvalue weighted by atomic mass is 32.1. The Morgan fingerprint density at radius 2 is 1.88 bits per heavy atom. The number of nitrogens with two attached hydrogens (primary N) is 1. The number of rotatable bonds is 2. The minimum Gasteiger partial charge on any atom is -0.393 e. The van der Waals surface area contributed by atoms with Crippen molar-refractivity contribution in [2.24, 2.45) is 17.6 Å². The van der Waals surface area contributed by atoms with Gasteiger partial charge in [-0.25, -0.2) is 0 Å². The van der Waals surface area contributed by atoms with Gasteiger partial charge in [0.25, 0.3) is 0 Å². The molecular formula is C13H24N2S. The van der Waals surface area contributed by atoms with Crippen LogP contribution in [0.25, 0.3) is 0 Å². The van der Waals surface area contributed by atoms with Gasteiger partial charge < -0.3 is 10.6 Å². The molecule has 2 nitrogen and oxygen atoms in total. The second-order valence-corrected chi connectivity index (χ2v) is 6.11. The van der Waals surface area contributed by atoms with Crippen LogP contribution in [0.1, 0.15) is 45.4 Å². The molecule has 2 rings (SSSR count). The van der Waals surface area contributed by atoms with Gasteiger partial charge in [-0.1, -0.05) is 32.0 Å². The lowest BCUT2D eigenvalue weighted by Gasteiger charge is -2.40. The lowest BCUT2D eigenvalue weighted by Crippen LogP contribution is -2.45. The molecular weight excluding hydrogens is 216 g/mol. The van der Waals surface area contributed by atoms with Crippen LogP contribution >= 0.6 is 12.2 Å². The zero-order valence-electron chi connectivity index (χ0n) is 10.3. The van der Waals surface area contributed by atoms with Gasteiger partial charge >= 0.3 is 0 Å². The van der Waals surface area contributed by atoms with E-state index >= 15 is 0 Å². The summed E-state index contributed by atoms with van der Waals surface area (Å²) in [6.45, 7) is 4.81. The summed E-state index contributed by atoms with van der Waals surface area (Å²) in [6.07, 6.45) is 8.02. The average Bonchev–Trinajstić information content (AvgIpc) is 2.29. The summed E-state index contributed by atoms with van der Waals surface area (Å²) in [5.41, 5.74) is 5.73. The number of thiocarbonyl (C=S) groups is 1. The highest BCUT2D eigenvalue weighted by Gasteiger charge is 2.28. The number of likely N-dealkylation sites (tertiary alicyclic amines) is 1. The summed E-state index contributed by atoms with van der Waals surface area (Å²) < 4.78 is 0. The van der Waals surface area contributed by atoms with Gasteiger partial charge in [0.2, 0.25) is 0 Å². The van der Waals surface area contributed by atoms with Gasteiger partial charge in [0.05, 0.1) is 4.99 Å². The Morgan fingerprint density at radius 1 is 1.19 bits per heavy atom. The second-order valence-electron chi connectivity index (χ2n) is 5.64. The quantitative estimate of drug-likeness (QED) is 0.752. The molecule has 1 saturated heterocycles. The zero-order valence-corrected chi connectivity index (χ0v) is 11.1. The Hall–Kier alpha value is -0.150. The number of piperidine rings is 1. The van der Waals surface area contributed by atoms with Crippen LogP contribution in [0.2, 0.25) is 0 Å². The summed E-state index contributed by atoms with van der Waals surface area (Å²) in [7, 11) is 0. The van der Waals surface area contributed by atoms with Crippen molar-refractivity contribution in [3.63, 3.8) is 0 Å². The molecule has 0 aromatic rings. The van der Waals surface area contributed by atoms with Gasteiger partial charge in [-0.3, -0.25) is 0 Å². The van der Waals surface area contributed by atoms with E-state index in [0.717, 1.165) is 16.9 Å². The average molecular weight is 240 g/mol. The monoisotopic (exact) mass is 240 g/mol. The van der Waals surface area contributed by atoms with Crippen molar-refractivity contribution in [2.75, 3.05) is 13.1 Å². The Balaban J connectivity index is 1.81. The van der Waals surface area contributed by atoms with E-state index in [0.29, 0.717) is 5.92 Å². The maximum atomic E-state index is 5.73. The van der Waals surface area contributed by atoms with Crippen LogP contribution in [0.4, 0.5) is 0 Å². The molecule has 2 atom stereocenters. The molecule has 1 saturated carbocycles. The Morgan fingerprint density at radius 3 is 2.44 bits per heavy atom. The van der Waals surface area contributed by atoms with E-state index in [9.17, 15) is 0 Å². The van der Waals surface area contributed by atoms with E-state index in [1.54, 1.807) is 0 Å². The Bertz CT molecular complexity index is 246. The third-order valence-electron chi connectivity index (χ3n) is 4.36. The van der Waals surface area contributed by atoms with Crippen LogP contribution in [0.5, 0.6) is 0 Å². The molecule has 0 spiro atoms. The molecule has 1 aliphatic carbocycles. The lowest BCUT2D eigenvalue weighted by molar-refractivity contribution is 0.104. The first-order valence-corrected chi connectivity index (χ1v) is 7.11. The highest BCUT2D eigenvalue weighted by molar-refractivity contribution is 7.80. The van der Waals surface area contributed by atoms with E-state index in [4.69, 9.17) is 18.0 Å². The predicted octanol–water partition coefficient (Wildman–Crippen LogP) is 2.56. The molecule has 1 aliphatic heterocycles. The van der Waals surface area contributed by atoms with Gasteiger partial charge in [-0.2, -0.15) is 0 Å². The van der Waals surface area contributed by atoms with Crippen LogP contribution in [0.15, 0.2) is 0 Å². The van der Waals surface area contributed by atoms with Gasteiger partial charge in [0.15, 0.2) is 0 Å². The molecule has 0 aromatic carbocycles. The summed E-state index contributed by atoms with van der Waals surface area (Å²) in [6, 6.07) is 0.844. The minimum absolute atomic E-state index is 0.507. The highest BCUT2D eigenvalue weighted by Crippen LogP contribution is 2.30. The standard InChI is InChI=1S/C13H24N2S/c1-10-3-2-4-12(9-10)15-7-5-11(6-8-15)13(14)16/h10-12H,2-9H2,1H3,(H2,14,16). The molecule has 2 aliphatic rings. The molecule has 0 aromatic heterocycles. The first-order chi connectivity index (χ1) is 7.66. The fraction of sp³-hybridized carbons (Fsp3) is 0.923. The smallest absolute Gasteiger partial charge is 0.0759 e. The van der Waals surface area contributed by atoms with E-state index in [1.165, 1.54) is 51.6 Å². The molecule has 2 unspecified atom stereocenters. The van der Waals surface area contributed by atoms with Gasteiger partial charge in [-0.05, 0) is 44.7 Å². The maximum absolute atomic E-state index is 5.73. The van der Waals surface area contributed by atoms with Crippen molar-refractivity contribution in [2.45, 2.75) is 51.5 Å². The normalized spacial score (nSPS) is 33.8. The van der Waals surface area contributed by atoms with Crippen molar-refractivity contribution in [1.29, 1.82) is 0 Å². The van der Waals surface area contributed by atoms with Crippen molar-refractivity contribution >= 4 is 17.2 Å². The lowest BCUT2D eigenvalue weighted by atomic mass is 9.84. The molecule has 2 fully saturated rings. The number of hydrogen-bond acceptors (Lipinski definition) is 2. The number of hydrogen-bond donors (Lipinski definition) is 1. The van der Waals surface area contributed by atoms with E-state index in [-0.39, 0.29) is 0 Å². The SMILES string of the molecule is CC1CCCC(N2CCC(C(N)=S)CC2)C1. The molecule has 92 valence electrons. The third-order valence-corrected chi connectivity index (χ3v) is 4.69. The van der Waals surface area contributed by atoms with Crippen LogP contribution < -0.4 is 5.73 Å². The number of nitrogens with zero attached hydrogens (tertiary/aromatic N) is 1. The van der Waals surface area contributed by atoms with Crippen LogP contribution in [0.3, 0.4) is 0 Å². The predicted molar refractivity (Wildman–Crippen MR) is 72.5 cm³/mol. The summed E-state index contributed by atoms with van der Waals surface area (Å²) >= 11 is 5.09. The van der Waals surface area contributed by atoms with Gasteiger partial charge in [0, 0.05) is 12.0 Å². The largest absolute Gasteiger partial charge is 0.393 e. The summed E-state index contributed by atoms with van der Waals surface area (Å²) in [5, 5.41) is 0. The van der Waals surface area contributed by atoms with E-state index in [1.807, 2.05) is 0 Å². The third kappa shape index (κ3) is 2.95. The first kappa shape index (κ1) is 12.3. The van der Waals surface area contributed by atoms with Crippen molar-refractivity contribution in [3.8, 4) is 0 Å². The fourth-order valence-electron chi connectivity index (χ4n) is 3.28. The van der Waals surface area contributed by atoms with Gasteiger partial charge in [-0.15, -0.1) is 0 Å². The molecule has 0 amide bonds. The van der Waals surface area contributed by atoms with Crippen LogP contribution in [-0.4, -0.2) is 29.0 Å². The Labute approximate surface area is 105 Å². The van der Waals surface area contributed by atoms with Crippen molar-refractivity contribution < 1.29 is 0 Å². The van der Waals surface area contributed by atoms with Crippen LogP contribution in [0, 0.1) is 11.8 Å². The maximum Gasteiger partial charge on any atom is 0.0759 e. The molecule has 16 heavy (non-hydrogen) atoms. The van der Waals surface area contributed by atoms with Crippen molar-refractivity contribution in [1.82, 2.24) is 4.90 Å². The van der Waals surface area contributed by atoms with E-state index in [2.05, 4.69) is 11.8 Å². The molecule has 2 N–H and O–H groups in total. The summed E-state index contributed by atoms with van der Waals surface area (Å²) in [5.74, 6) is 1.43. The second kappa shape index (κ2) is 5.46. The zero-order chi connectivity index (χ0) is 11.5. The molecule has 0 bridgehead atoms. The van der Waals surface area contributed by atoms with E-state index < -0.39 is 0 Å². The topological polar surface area (TPSA) is 29.3 Å². The minimum atomic E-state index is 0.507. The van der Waals surface area contributed by atoms with Gasteiger partial charge in [0.1, 0.15) is 0 Å². The van der Waals surface area contributed by atoms with Crippen LogP contribution in [-0.2, 0) is 0 Å². The summed E-state index contributed by atoms with van der Waals surface area (Å²) in [4.78, 5) is 3.42. The molecule has 0 radical (unpaired) electrons. The molecule has 1 heterocycles. The Kier molecular flexibility index (Phi) is 4.20. The first-order valence-electron chi connectivity index (χ1n) is 6.70. The van der Waals surface area contributed by atoms with Crippen molar-refractivity contribution in [3.05, 3.63) is 0 Å². The fourth-order valence-corrected chi connectivity index (χ4v) is 3.52. The molecule has 3 heteroatoms.